The van der Waals surface area contributed by atoms with Crippen molar-refractivity contribution in [2.45, 2.75) is 51.2 Å². The SMILES string of the molecule is CC(C)n1c(=O)oc2cc(NC(=O)C3CCC(O)(c4ccc(Cl)cc4)CC3)ccc21. The van der Waals surface area contributed by atoms with Gasteiger partial charge in [-0.15, -0.1) is 0 Å². The van der Waals surface area contributed by atoms with Gasteiger partial charge in [0.1, 0.15) is 0 Å². The van der Waals surface area contributed by atoms with Crippen molar-refractivity contribution in [2.75, 3.05) is 5.32 Å². The van der Waals surface area contributed by atoms with Crippen molar-refractivity contribution in [3.8, 4) is 0 Å². The van der Waals surface area contributed by atoms with Gasteiger partial charge in [-0.2, -0.15) is 0 Å². The van der Waals surface area contributed by atoms with E-state index in [1.165, 1.54) is 0 Å². The van der Waals surface area contributed by atoms with E-state index < -0.39 is 11.4 Å². The van der Waals surface area contributed by atoms with Crippen LogP contribution >= 0.6 is 11.6 Å². The Bertz CT molecular complexity index is 1120. The second-order valence-electron chi connectivity index (χ2n) is 8.32. The molecular weight excluding hydrogens is 404 g/mol. The van der Waals surface area contributed by atoms with Gasteiger partial charge in [-0.25, -0.2) is 4.79 Å². The van der Waals surface area contributed by atoms with E-state index in [2.05, 4.69) is 5.32 Å². The van der Waals surface area contributed by atoms with Crippen LogP contribution in [0.2, 0.25) is 5.02 Å². The quantitative estimate of drug-likeness (QED) is 0.622. The van der Waals surface area contributed by atoms with Crippen LogP contribution in [-0.2, 0) is 10.4 Å². The van der Waals surface area contributed by atoms with Crippen LogP contribution in [0.4, 0.5) is 5.69 Å². The summed E-state index contributed by atoms with van der Waals surface area (Å²) in [5, 5.41) is 14.6. The molecule has 0 spiro atoms. The van der Waals surface area contributed by atoms with E-state index in [-0.39, 0.29) is 17.9 Å². The van der Waals surface area contributed by atoms with Gasteiger partial charge < -0.3 is 14.8 Å². The Morgan fingerprint density at radius 2 is 1.87 bits per heavy atom. The average Bonchev–Trinajstić information content (AvgIpc) is 3.04. The largest absolute Gasteiger partial charge is 0.420 e. The molecule has 158 valence electrons. The molecule has 7 heteroatoms. The van der Waals surface area contributed by atoms with E-state index in [1.807, 2.05) is 26.0 Å². The van der Waals surface area contributed by atoms with Crippen LogP contribution in [0.25, 0.3) is 11.1 Å². The number of aliphatic hydroxyl groups is 1. The van der Waals surface area contributed by atoms with Crippen LogP contribution in [0.5, 0.6) is 0 Å². The molecule has 1 aromatic heterocycles. The standard InChI is InChI=1S/C23H25ClN2O4/c1-14(2)26-19-8-7-18(13-20(19)30-22(26)28)25-21(27)15-9-11-23(29,12-10-15)16-3-5-17(24)6-4-16/h3-8,13-15,29H,9-12H2,1-2H3,(H,25,27). The second kappa shape index (κ2) is 7.93. The van der Waals surface area contributed by atoms with E-state index in [0.29, 0.717) is 47.5 Å². The highest BCUT2D eigenvalue weighted by atomic mass is 35.5. The van der Waals surface area contributed by atoms with E-state index in [4.69, 9.17) is 16.0 Å². The van der Waals surface area contributed by atoms with E-state index in [1.54, 1.807) is 34.9 Å². The van der Waals surface area contributed by atoms with Gasteiger partial charge in [0.05, 0.1) is 11.1 Å². The number of carbonyl (C=O) groups excluding carboxylic acids is 1. The van der Waals surface area contributed by atoms with E-state index >= 15 is 0 Å². The molecule has 1 saturated carbocycles. The first-order valence-corrected chi connectivity index (χ1v) is 10.6. The van der Waals surface area contributed by atoms with E-state index in [9.17, 15) is 14.7 Å². The van der Waals surface area contributed by atoms with Crippen LogP contribution in [0.1, 0.15) is 51.1 Å². The van der Waals surface area contributed by atoms with Crippen LogP contribution in [-0.4, -0.2) is 15.6 Å². The van der Waals surface area contributed by atoms with Gasteiger partial charge in [0.25, 0.3) is 0 Å². The van der Waals surface area contributed by atoms with Gasteiger partial charge in [-0.05, 0) is 69.4 Å². The average molecular weight is 429 g/mol. The normalized spacial score (nSPS) is 21.8. The monoisotopic (exact) mass is 428 g/mol. The first-order valence-electron chi connectivity index (χ1n) is 10.2. The van der Waals surface area contributed by atoms with Crippen LogP contribution in [0.15, 0.2) is 51.7 Å². The molecule has 0 aliphatic heterocycles. The number of rotatable bonds is 4. The Morgan fingerprint density at radius 1 is 1.20 bits per heavy atom. The fourth-order valence-electron chi connectivity index (χ4n) is 4.25. The molecule has 3 aromatic rings. The van der Waals surface area contributed by atoms with E-state index in [0.717, 1.165) is 5.56 Å². The summed E-state index contributed by atoms with van der Waals surface area (Å²) in [7, 11) is 0. The number of carbonyl (C=O) groups is 1. The second-order valence-corrected chi connectivity index (χ2v) is 8.75. The number of anilines is 1. The highest BCUT2D eigenvalue weighted by molar-refractivity contribution is 6.30. The number of nitrogens with zero attached hydrogens (tertiary/aromatic N) is 1. The Morgan fingerprint density at radius 3 is 2.50 bits per heavy atom. The van der Waals surface area contributed by atoms with Crippen molar-refractivity contribution in [2.24, 2.45) is 5.92 Å². The molecule has 0 unspecified atom stereocenters. The molecule has 0 bridgehead atoms. The van der Waals surface area contributed by atoms with Crippen molar-refractivity contribution < 1.29 is 14.3 Å². The van der Waals surface area contributed by atoms with Crippen LogP contribution < -0.4 is 11.1 Å². The summed E-state index contributed by atoms with van der Waals surface area (Å²) in [6.45, 7) is 3.83. The van der Waals surface area contributed by atoms with Gasteiger partial charge in [0, 0.05) is 28.7 Å². The molecule has 1 amide bonds. The minimum atomic E-state index is -0.927. The van der Waals surface area contributed by atoms with Crippen LogP contribution in [0.3, 0.4) is 0 Å². The lowest BCUT2D eigenvalue weighted by Gasteiger charge is -2.36. The maximum atomic E-state index is 12.8. The van der Waals surface area contributed by atoms with Gasteiger partial charge in [-0.3, -0.25) is 9.36 Å². The van der Waals surface area contributed by atoms with Crippen molar-refractivity contribution in [1.82, 2.24) is 4.57 Å². The fraction of sp³-hybridized carbons (Fsp3) is 0.391. The maximum Gasteiger partial charge on any atom is 0.420 e. The zero-order valence-corrected chi connectivity index (χ0v) is 17.8. The van der Waals surface area contributed by atoms with Gasteiger partial charge in [0.15, 0.2) is 5.58 Å². The fourth-order valence-corrected chi connectivity index (χ4v) is 4.38. The molecule has 1 aliphatic carbocycles. The number of benzene rings is 2. The smallest absolute Gasteiger partial charge is 0.408 e. The minimum absolute atomic E-state index is 0.0131. The number of halogens is 1. The zero-order chi connectivity index (χ0) is 21.5. The molecule has 2 N–H and O–H groups in total. The number of oxazole rings is 1. The molecule has 4 rings (SSSR count). The molecule has 0 saturated heterocycles. The summed E-state index contributed by atoms with van der Waals surface area (Å²) < 4.78 is 6.91. The number of nitrogens with one attached hydrogen (secondary N) is 1. The predicted octanol–water partition coefficient (Wildman–Crippen LogP) is 4.85. The topological polar surface area (TPSA) is 84.5 Å². The summed E-state index contributed by atoms with van der Waals surface area (Å²) in [6, 6.07) is 12.5. The molecule has 30 heavy (non-hydrogen) atoms. The van der Waals surface area contributed by atoms with Crippen molar-refractivity contribution >= 4 is 34.3 Å². The lowest BCUT2D eigenvalue weighted by Crippen LogP contribution is -2.35. The number of hydrogen-bond donors (Lipinski definition) is 2. The summed E-state index contributed by atoms with van der Waals surface area (Å²) in [5.41, 5.74) is 1.66. The van der Waals surface area contributed by atoms with Gasteiger partial charge >= 0.3 is 5.76 Å². The van der Waals surface area contributed by atoms with Gasteiger partial charge in [-0.1, -0.05) is 23.7 Å². The molecule has 0 atom stereocenters. The molecule has 1 aliphatic rings. The number of amides is 1. The Labute approximate surface area is 179 Å². The number of aromatic nitrogens is 1. The summed E-state index contributed by atoms with van der Waals surface area (Å²) in [6.07, 6.45) is 2.20. The summed E-state index contributed by atoms with van der Waals surface area (Å²) in [5.74, 6) is -0.670. The molecule has 0 radical (unpaired) electrons. The molecule has 6 nitrogen and oxygen atoms in total. The van der Waals surface area contributed by atoms with Crippen molar-refractivity contribution in [1.29, 1.82) is 0 Å². The van der Waals surface area contributed by atoms with Gasteiger partial charge in [0.2, 0.25) is 5.91 Å². The predicted molar refractivity (Wildman–Crippen MR) is 117 cm³/mol. The van der Waals surface area contributed by atoms with Crippen molar-refractivity contribution in [3.63, 3.8) is 0 Å². The third-order valence-electron chi connectivity index (χ3n) is 5.96. The molecule has 1 heterocycles. The summed E-state index contributed by atoms with van der Waals surface area (Å²) in [4.78, 5) is 24.8. The summed E-state index contributed by atoms with van der Waals surface area (Å²) >= 11 is 5.94. The first-order chi connectivity index (χ1) is 14.3. The molecule has 1 fully saturated rings. The highest BCUT2D eigenvalue weighted by Gasteiger charge is 2.37. The lowest BCUT2D eigenvalue weighted by molar-refractivity contribution is -0.123. The first kappa shape index (κ1) is 20.7. The van der Waals surface area contributed by atoms with Crippen LogP contribution in [0, 0.1) is 5.92 Å². The lowest BCUT2D eigenvalue weighted by atomic mass is 9.75. The van der Waals surface area contributed by atoms with Crippen molar-refractivity contribution in [3.05, 3.63) is 63.6 Å². The highest BCUT2D eigenvalue weighted by Crippen LogP contribution is 2.40. The third-order valence-corrected chi connectivity index (χ3v) is 6.21. The molecular formula is C23H25ClN2O4. The third kappa shape index (κ3) is 3.89. The molecule has 2 aromatic carbocycles. The maximum absolute atomic E-state index is 12.8. The Hall–Kier alpha value is -2.57. The zero-order valence-electron chi connectivity index (χ0n) is 17.0. The minimum Gasteiger partial charge on any atom is -0.408 e. The Kier molecular flexibility index (Phi) is 5.47. The number of fused-ring (bicyclic) bond motifs is 1. The number of hydrogen-bond acceptors (Lipinski definition) is 4. The Balaban J connectivity index is 1.44.